The quantitative estimate of drug-likeness (QED) is 0.422. The van der Waals surface area contributed by atoms with Gasteiger partial charge in [-0.3, -0.25) is 4.18 Å². The van der Waals surface area contributed by atoms with E-state index in [2.05, 4.69) is 45.0 Å². The maximum atomic E-state index is 12.1. The van der Waals surface area contributed by atoms with Gasteiger partial charge in [-0.05, 0) is 29.3 Å². The standard InChI is InChI=1S/C25H34O7SSi/c1-24(2,3)34(18-13-9-7-10-14-18,19-15-11-8-12-16-19)28-17-20-21(32-33(6,26)27)22-23(29-20)31-25(4,5)30-22/h7-16,20-23H,17H2,1-6H3/t20-,21+,22-,23+/m1/s1. The third kappa shape index (κ3) is 5.02. The molecular weight excluding hydrogens is 472 g/mol. The summed E-state index contributed by atoms with van der Waals surface area (Å²) < 4.78 is 54.5. The normalized spacial score (nSPS) is 27.0. The number of hydrogen-bond donors (Lipinski definition) is 0. The molecule has 2 aliphatic heterocycles. The van der Waals surface area contributed by atoms with Crippen molar-refractivity contribution in [1.82, 2.24) is 0 Å². The lowest BCUT2D eigenvalue weighted by Crippen LogP contribution is -2.67. The molecule has 0 radical (unpaired) electrons. The fourth-order valence-corrected chi connectivity index (χ4v) is 10.2. The van der Waals surface area contributed by atoms with Gasteiger partial charge in [-0.15, -0.1) is 0 Å². The minimum Gasteiger partial charge on any atom is -0.405 e. The third-order valence-corrected chi connectivity index (χ3v) is 11.8. The molecule has 9 heteroatoms. The molecule has 2 aliphatic rings. The van der Waals surface area contributed by atoms with Crippen molar-refractivity contribution in [3.8, 4) is 0 Å². The summed E-state index contributed by atoms with van der Waals surface area (Å²) in [5.74, 6) is -0.891. The monoisotopic (exact) mass is 506 g/mol. The van der Waals surface area contributed by atoms with E-state index < -0.39 is 48.8 Å². The Kier molecular flexibility index (Phi) is 6.84. The van der Waals surface area contributed by atoms with E-state index in [4.69, 9.17) is 22.8 Å². The first kappa shape index (κ1) is 25.5. The Hall–Kier alpha value is -1.59. The molecule has 0 amide bonds. The van der Waals surface area contributed by atoms with Crippen LogP contribution >= 0.6 is 0 Å². The van der Waals surface area contributed by atoms with Crippen molar-refractivity contribution >= 4 is 28.8 Å². The van der Waals surface area contributed by atoms with Gasteiger partial charge in [0.15, 0.2) is 12.1 Å². The van der Waals surface area contributed by atoms with E-state index >= 15 is 0 Å². The van der Waals surface area contributed by atoms with Crippen molar-refractivity contribution in [2.45, 2.75) is 70.0 Å². The lowest BCUT2D eigenvalue weighted by Gasteiger charge is -2.43. The van der Waals surface area contributed by atoms with Crippen molar-refractivity contribution in [2.24, 2.45) is 0 Å². The molecule has 7 nitrogen and oxygen atoms in total. The summed E-state index contributed by atoms with van der Waals surface area (Å²) in [4.78, 5) is 0. The maximum Gasteiger partial charge on any atom is 0.264 e. The molecule has 2 aromatic rings. The summed E-state index contributed by atoms with van der Waals surface area (Å²) in [5, 5.41) is 2.02. The summed E-state index contributed by atoms with van der Waals surface area (Å²) in [6.07, 6.45) is -1.92. The number of rotatable bonds is 7. The SMILES string of the molecule is CC1(C)O[C@@H]2O[C@H](CO[Si](c3ccccc3)(c3ccccc3)C(C)(C)C)[C@H](OS(C)(=O)=O)[C@H]2O1. The van der Waals surface area contributed by atoms with Gasteiger partial charge in [0.1, 0.15) is 18.3 Å². The summed E-state index contributed by atoms with van der Waals surface area (Å²) in [6, 6.07) is 20.5. The Bertz CT molecular complexity index is 1040. The second kappa shape index (κ2) is 9.13. The predicted octanol–water partition coefficient (Wildman–Crippen LogP) is 2.78. The first-order valence-corrected chi connectivity index (χ1v) is 15.2. The van der Waals surface area contributed by atoms with Gasteiger partial charge in [0.25, 0.3) is 18.4 Å². The van der Waals surface area contributed by atoms with Gasteiger partial charge >= 0.3 is 0 Å². The molecule has 0 spiro atoms. The molecule has 0 bridgehead atoms. The van der Waals surface area contributed by atoms with Crippen molar-refractivity contribution in [2.75, 3.05) is 12.9 Å². The summed E-state index contributed by atoms with van der Waals surface area (Å²) in [7, 11) is -6.60. The number of benzene rings is 2. The summed E-state index contributed by atoms with van der Waals surface area (Å²) >= 11 is 0. The largest absolute Gasteiger partial charge is 0.405 e. The van der Waals surface area contributed by atoms with Crippen LogP contribution in [-0.2, 0) is 32.9 Å². The molecule has 186 valence electrons. The zero-order valence-corrected chi connectivity index (χ0v) is 22.4. The van der Waals surface area contributed by atoms with E-state index in [0.717, 1.165) is 16.6 Å². The highest BCUT2D eigenvalue weighted by Crippen LogP contribution is 2.41. The molecule has 2 aromatic carbocycles. The van der Waals surface area contributed by atoms with Crippen LogP contribution in [0, 0.1) is 0 Å². The smallest absolute Gasteiger partial charge is 0.264 e. The van der Waals surface area contributed by atoms with E-state index in [1.807, 2.05) is 36.4 Å². The van der Waals surface area contributed by atoms with Crippen molar-refractivity contribution in [1.29, 1.82) is 0 Å². The highest BCUT2D eigenvalue weighted by atomic mass is 32.2. The average Bonchev–Trinajstić information content (AvgIpc) is 3.20. The molecule has 0 unspecified atom stereocenters. The second-order valence-corrected chi connectivity index (χ2v) is 16.3. The summed E-state index contributed by atoms with van der Waals surface area (Å²) in [5.41, 5.74) is 0. The maximum absolute atomic E-state index is 12.1. The molecule has 0 aliphatic carbocycles. The highest BCUT2D eigenvalue weighted by molar-refractivity contribution is 7.86. The Labute approximate surface area is 203 Å². The van der Waals surface area contributed by atoms with Gasteiger partial charge < -0.3 is 18.6 Å². The Morgan fingerprint density at radius 3 is 1.94 bits per heavy atom. The van der Waals surface area contributed by atoms with Crippen LogP contribution in [0.3, 0.4) is 0 Å². The molecule has 0 saturated carbocycles. The fourth-order valence-electron chi connectivity index (χ4n) is 4.97. The molecule has 0 N–H and O–H groups in total. The molecule has 2 heterocycles. The lowest BCUT2D eigenvalue weighted by molar-refractivity contribution is -0.215. The Morgan fingerprint density at radius 1 is 0.941 bits per heavy atom. The van der Waals surface area contributed by atoms with Crippen LogP contribution in [0.2, 0.25) is 5.04 Å². The molecule has 2 saturated heterocycles. The van der Waals surface area contributed by atoms with Crippen LogP contribution in [0.15, 0.2) is 60.7 Å². The Balaban J connectivity index is 1.70. The zero-order chi connectivity index (χ0) is 24.8. The van der Waals surface area contributed by atoms with Gasteiger partial charge in [0.05, 0.1) is 12.9 Å². The Morgan fingerprint density at radius 2 is 1.47 bits per heavy atom. The van der Waals surface area contributed by atoms with E-state index in [1.165, 1.54) is 0 Å². The number of hydrogen-bond acceptors (Lipinski definition) is 7. The van der Waals surface area contributed by atoms with Crippen molar-refractivity contribution in [3.05, 3.63) is 60.7 Å². The van der Waals surface area contributed by atoms with Crippen LogP contribution in [0.5, 0.6) is 0 Å². The molecule has 4 atom stereocenters. The molecule has 2 fully saturated rings. The van der Waals surface area contributed by atoms with Gasteiger partial charge in [-0.25, -0.2) is 0 Å². The molecule has 0 aromatic heterocycles. The fraction of sp³-hybridized carbons (Fsp3) is 0.520. The van der Waals surface area contributed by atoms with E-state index in [9.17, 15) is 8.42 Å². The zero-order valence-electron chi connectivity index (χ0n) is 20.6. The van der Waals surface area contributed by atoms with Crippen molar-refractivity contribution < 1.29 is 31.2 Å². The van der Waals surface area contributed by atoms with Crippen LogP contribution in [0.4, 0.5) is 0 Å². The average molecular weight is 507 g/mol. The third-order valence-electron chi connectivity index (χ3n) is 6.25. The van der Waals surface area contributed by atoms with Crippen LogP contribution in [0.25, 0.3) is 0 Å². The molecule has 34 heavy (non-hydrogen) atoms. The second-order valence-electron chi connectivity index (χ2n) is 10.4. The van der Waals surface area contributed by atoms with Gasteiger partial charge in [0.2, 0.25) is 0 Å². The number of ether oxygens (including phenoxy) is 3. The minimum atomic E-state index is -3.76. The first-order valence-electron chi connectivity index (χ1n) is 11.5. The number of fused-ring (bicyclic) bond motifs is 1. The first-order chi connectivity index (χ1) is 15.8. The van der Waals surface area contributed by atoms with Crippen LogP contribution < -0.4 is 10.4 Å². The predicted molar refractivity (Wildman–Crippen MR) is 132 cm³/mol. The molecular formula is C25H34O7SSi. The minimum absolute atomic E-state index is 0.133. The summed E-state index contributed by atoms with van der Waals surface area (Å²) in [6.45, 7) is 10.2. The van der Waals surface area contributed by atoms with Gasteiger partial charge in [-0.1, -0.05) is 81.4 Å². The van der Waals surface area contributed by atoms with Crippen LogP contribution in [-0.4, -0.2) is 60.0 Å². The lowest BCUT2D eigenvalue weighted by atomic mass is 10.1. The van der Waals surface area contributed by atoms with E-state index in [-0.39, 0.29) is 11.6 Å². The molecule has 4 rings (SSSR count). The van der Waals surface area contributed by atoms with Gasteiger partial charge in [0, 0.05) is 0 Å². The topological polar surface area (TPSA) is 80.3 Å². The van der Waals surface area contributed by atoms with E-state index in [1.54, 1.807) is 13.8 Å². The van der Waals surface area contributed by atoms with E-state index in [0.29, 0.717) is 0 Å². The van der Waals surface area contributed by atoms with Crippen LogP contribution in [0.1, 0.15) is 34.6 Å². The van der Waals surface area contributed by atoms with Gasteiger partial charge in [-0.2, -0.15) is 8.42 Å². The highest BCUT2D eigenvalue weighted by Gasteiger charge is 2.58. The van der Waals surface area contributed by atoms with Crippen molar-refractivity contribution in [3.63, 3.8) is 0 Å².